The standard InChI is InChI=1S/C13H19BrN2O3/c1-3-18-12-8-10(9-16-15-5-6-17)7-11(14)13(12)19-4-2/h7-9,15,17H,3-6H2,1-2H3. The highest BCUT2D eigenvalue weighted by molar-refractivity contribution is 9.10. The van der Waals surface area contributed by atoms with Gasteiger partial charge in [0.25, 0.3) is 0 Å². The number of aliphatic hydroxyl groups excluding tert-OH is 1. The van der Waals surface area contributed by atoms with Crippen LogP contribution in [-0.4, -0.2) is 37.7 Å². The van der Waals surface area contributed by atoms with E-state index < -0.39 is 0 Å². The summed E-state index contributed by atoms with van der Waals surface area (Å²) in [5, 5.41) is 12.6. The summed E-state index contributed by atoms with van der Waals surface area (Å²) >= 11 is 3.46. The van der Waals surface area contributed by atoms with Crippen LogP contribution in [-0.2, 0) is 0 Å². The first kappa shape index (κ1) is 15.8. The van der Waals surface area contributed by atoms with Gasteiger partial charge in [0.1, 0.15) is 0 Å². The van der Waals surface area contributed by atoms with Crippen molar-refractivity contribution in [2.75, 3.05) is 26.4 Å². The number of nitrogens with one attached hydrogen (secondary N) is 1. The molecule has 0 radical (unpaired) electrons. The predicted octanol–water partition coefficient (Wildman–Crippen LogP) is 2.16. The van der Waals surface area contributed by atoms with Gasteiger partial charge in [0.2, 0.25) is 0 Å². The largest absolute Gasteiger partial charge is 0.490 e. The number of hydrogen-bond acceptors (Lipinski definition) is 5. The number of hydrogen-bond donors (Lipinski definition) is 2. The Morgan fingerprint density at radius 2 is 2.05 bits per heavy atom. The first-order valence-corrected chi connectivity index (χ1v) is 6.98. The van der Waals surface area contributed by atoms with E-state index in [2.05, 4.69) is 26.5 Å². The van der Waals surface area contributed by atoms with Gasteiger partial charge in [-0.1, -0.05) is 0 Å². The van der Waals surface area contributed by atoms with Crippen LogP contribution in [0.4, 0.5) is 0 Å². The van der Waals surface area contributed by atoms with Crippen LogP contribution in [0.3, 0.4) is 0 Å². The van der Waals surface area contributed by atoms with Gasteiger partial charge in [0.05, 0.1) is 37.1 Å². The van der Waals surface area contributed by atoms with Gasteiger partial charge < -0.3 is 20.0 Å². The number of aliphatic hydroxyl groups is 1. The Morgan fingerprint density at radius 1 is 1.32 bits per heavy atom. The number of benzene rings is 1. The average Bonchev–Trinajstić information content (AvgIpc) is 2.39. The fourth-order valence-corrected chi connectivity index (χ4v) is 2.02. The highest BCUT2D eigenvalue weighted by atomic mass is 79.9. The molecule has 0 aromatic heterocycles. The van der Waals surface area contributed by atoms with E-state index in [0.717, 1.165) is 10.0 Å². The van der Waals surface area contributed by atoms with E-state index in [1.165, 1.54) is 0 Å². The van der Waals surface area contributed by atoms with Crippen LogP contribution >= 0.6 is 15.9 Å². The summed E-state index contributed by atoms with van der Waals surface area (Å²) in [4.78, 5) is 0. The third-order valence-corrected chi connectivity index (χ3v) is 2.74. The number of halogens is 1. The molecule has 5 nitrogen and oxygen atoms in total. The molecule has 6 heteroatoms. The minimum atomic E-state index is 0.0501. The second-order valence-corrected chi connectivity index (χ2v) is 4.44. The highest BCUT2D eigenvalue weighted by Crippen LogP contribution is 2.36. The zero-order valence-corrected chi connectivity index (χ0v) is 12.7. The van der Waals surface area contributed by atoms with Crippen LogP contribution in [0.15, 0.2) is 21.7 Å². The fraction of sp³-hybridized carbons (Fsp3) is 0.462. The van der Waals surface area contributed by atoms with E-state index >= 15 is 0 Å². The molecule has 0 unspecified atom stereocenters. The van der Waals surface area contributed by atoms with Crippen LogP contribution in [0.2, 0.25) is 0 Å². The van der Waals surface area contributed by atoms with Gasteiger partial charge in [0.15, 0.2) is 11.5 Å². The lowest BCUT2D eigenvalue weighted by molar-refractivity contribution is 0.286. The van der Waals surface area contributed by atoms with Crippen molar-refractivity contribution in [1.29, 1.82) is 0 Å². The molecule has 0 saturated heterocycles. The minimum absolute atomic E-state index is 0.0501. The molecule has 0 saturated carbocycles. The number of ether oxygens (including phenoxy) is 2. The minimum Gasteiger partial charge on any atom is -0.490 e. The van der Waals surface area contributed by atoms with Gasteiger partial charge in [0, 0.05) is 0 Å². The zero-order chi connectivity index (χ0) is 14.1. The Morgan fingerprint density at radius 3 is 2.68 bits per heavy atom. The van der Waals surface area contributed by atoms with Gasteiger partial charge in [-0.15, -0.1) is 0 Å². The lowest BCUT2D eigenvalue weighted by Gasteiger charge is -2.13. The smallest absolute Gasteiger partial charge is 0.175 e. The molecular weight excluding hydrogens is 312 g/mol. The molecule has 0 bridgehead atoms. The van der Waals surface area contributed by atoms with Crippen molar-refractivity contribution in [2.45, 2.75) is 13.8 Å². The Labute approximate surface area is 121 Å². The number of hydrazone groups is 1. The van der Waals surface area contributed by atoms with Crippen molar-refractivity contribution < 1.29 is 14.6 Å². The van der Waals surface area contributed by atoms with E-state index in [9.17, 15) is 0 Å². The molecule has 106 valence electrons. The molecule has 0 aliphatic rings. The number of nitrogens with zero attached hydrogens (tertiary/aromatic N) is 1. The van der Waals surface area contributed by atoms with Crippen molar-refractivity contribution in [3.8, 4) is 11.5 Å². The highest BCUT2D eigenvalue weighted by Gasteiger charge is 2.11. The van der Waals surface area contributed by atoms with Crippen molar-refractivity contribution in [1.82, 2.24) is 5.43 Å². The van der Waals surface area contributed by atoms with Gasteiger partial charge in [-0.05, 0) is 47.5 Å². The van der Waals surface area contributed by atoms with E-state index in [4.69, 9.17) is 14.6 Å². The van der Waals surface area contributed by atoms with Crippen molar-refractivity contribution in [2.24, 2.45) is 5.10 Å². The normalized spacial score (nSPS) is 10.7. The van der Waals surface area contributed by atoms with Gasteiger partial charge in [-0.3, -0.25) is 0 Å². The maximum atomic E-state index is 8.64. The van der Waals surface area contributed by atoms with Crippen LogP contribution in [0.25, 0.3) is 0 Å². The molecule has 0 aliphatic heterocycles. The van der Waals surface area contributed by atoms with Crippen LogP contribution in [0.1, 0.15) is 19.4 Å². The van der Waals surface area contributed by atoms with Crippen molar-refractivity contribution in [3.63, 3.8) is 0 Å². The molecule has 1 aromatic rings. The third-order valence-electron chi connectivity index (χ3n) is 2.15. The molecule has 1 rings (SSSR count). The van der Waals surface area contributed by atoms with Crippen molar-refractivity contribution >= 4 is 22.1 Å². The molecule has 0 heterocycles. The van der Waals surface area contributed by atoms with Crippen LogP contribution < -0.4 is 14.9 Å². The Bertz CT molecular complexity index is 425. The summed E-state index contributed by atoms with van der Waals surface area (Å²) < 4.78 is 11.9. The third kappa shape index (κ3) is 5.08. The molecule has 0 atom stereocenters. The van der Waals surface area contributed by atoms with Gasteiger partial charge in [-0.25, -0.2) is 0 Å². The Kier molecular flexibility index (Phi) is 7.28. The Balaban J connectivity index is 2.92. The predicted molar refractivity (Wildman–Crippen MR) is 79.2 cm³/mol. The van der Waals surface area contributed by atoms with E-state index in [1.807, 2.05) is 26.0 Å². The monoisotopic (exact) mass is 330 g/mol. The van der Waals surface area contributed by atoms with Crippen LogP contribution in [0, 0.1) is 0 Å². The maximum absolute atomic E-state index is 8.64. The second kappa shape index (κ2) is 8.77. The van der Waals surface area contributed by atoms with E-state index in [1.54, 1.807) is 6.21 Å². The molecule has 1 aromatic carbocycles. The van der Waals surface area contributed by atoms with Crippen LogP contribution in [0.5, 0.6) is 11.5 Å². The van der Waals surface area contributed by atoms with Crippen molar-refractivity contribution in [3.05, 3.63) is 22.2 Å². The molecule has 0 spiro atoms. The molecule has 2 N–H and O–H groups in total. The van der Waals surface area contributed by atoms with E-state index in [-0.39, 0.29) is 6.61 Å². The lowest BCUT2D eigenvalue weighted by Crippen LogP contribution is -2.11. The molecular formula is C13H19BrN2O3. The summed E-state index contributed by atoms with van der Waals surface area (Å²) in [6, 6.07) is 3.76. The SMILES string of the molecule is CCOc1cc(C=NNCCO)cc(Br)c1OCC. The molecule has 0 aliphatic carbocycles. The number of rotatable bonds is 8. The molecule has 0 amide bonds. The molecule has 0 fully saturated rings. The lowest BCUT2D eigenvalue weighted by atomic mass is 10.2. The summed E-state index contributed by atoms with van der Waals surface area (Å²) in [6.07, 6.45) is 1.67. The van der Waals surface area contributed by atoms with Gasteiger partial charge >= 0.3 is 0 Å². The summed E-state index contributed by atoms with van der Waals surface area (Å²) in [7, 11) is 0. The summed E-state index contributed by atoms with van der Waals surface area (Å²) in [5.74, 6) is 1.38. The topological polar surface area (TPSA) is 63.1 Å². The first-order chi connectivity index (χ1) is 9.22. The first-order valence-electron chi connectivity index (χ1n) is 6.18. The summed E-state index contributed by atoms with van der Waals surface area (Å²) in [5.41, 5.74) is 3.61. The maximum Gasteiger partial charge on any atom is 0.175 e. The average molecular weight is 331 g/mol. The Hall–Kier alpha value is -1.27. The zero-order valence-electron chi connectivity index (χ0n) is 11.1. The summed E-state index contributed by atoms with van der Waals surface area (Å²) in [6.45, 7) is 5.46. The quantitative estimate of drug-likeness (QED) is 0.435. The second-order valence-electron chi connectivity index (χ2n) is 3.59. The molecule has 19 heavy (non-hydrogen) atoms. The van der Waals surface area contributed by atoms with Gasteiger partial charge in [-0.2, -0.15) is 5.10 Å². The van der Waals surface area contributed by atoms with E-state index in [0.29, 0.717) is 31.3 Å². The fourth-order valence-electron chi connectivity index (χ4n) is 1.44.